The van der Waals surface area contributed by atoms with E-state index < -0.39 is 29.3 Å². The number of nitrogens with one attached hydrogen (secondary N) is 3. The Morgan fingerprint density at radius 2 is 1.69 bits per heavy atom. The van der Waals surface area contributed by atoms with Gasteiger partial charge in [0.15, 0.2) is 11.5 Å². The SMILES string of the molecule is CC(C)(C)c1cc(-c2ccc(NC(=O)Nc3cc(C(F)(F)F)ccc3F)cc2)c2c(N)n[nH]c2n1. The molecule has 4 rings (SSSR count). The van der Waals surface area contributed by atoms with E-state index in [1.165, 1.54) is 0 Å². The molecular formula is C24H22F4N6O. The van der Waals surface area contributed by atoms with Crippen LogP contribution < -0.4 is 16.4 Å². The topological polar surface area (TPSA) is 109 Å². The minimum absolute atomic E-state index is 0.235. The van der Waals surface area contributed by atoms with Crippen LogP contribution in [-0.2, 0) is 11.6 Å². The van der Waals surface area contributed by atoms with Crippen LogP contribution in [0.15, 0.2) is 48.5 Å². The number of aromatic amines is 1. The molecule has 2 aromatic heterocycles. The number of nitrogen functional groups attached to an aromatic ring is 1. The number of halogens is 4. The lowest BCUT2D eigenvalue weighted by atomic mass is 9.89. The van der Waals surface area contributed by atoms with Gasteiger partial charge in [0, 0.05) is 16.8 Å². The summed E-state index contributed by atoms with van der Waals surface area (Å²) in [6, 6.07) is 9.53. The highest BCUT2D eigenvalue weighted by Crippen LogP contribution is 2.35. The maximum atomic E-state index is 13.9. The zero-order valence-corrected chi connectivity index (χ0v) is 19.0. The highest BCUT2D eigenvalue weighted by Gasteiger charge is 2.31. The lowest BCUT2D eigenvalue weighted by Gasteiger charge is -2.19. The number of aromatic nitrogens is 3. The standard InChI is InChI=1S/C24H22F4N6O/c1-23(2,3)18-11-15(19-20(29)33-34-21(19)32-18)12-4-7-14(8-5-12)30-22(35)31-17-10-13(24(26,27)28)6-9-16(17)25/h4-11H,1-3H3,(H2,30,31,35)(H3,29,32,33,34). The molecule has 11 heteroatoms. The number of benzene rings is 2. The van der Waals surface area contributed by atoms with Gasteiger partial charge in [-0.2, -0.15) is 18.3 Å². The smallest absolute Gasteiger partial charge is 0.382 e. The number of urea groups is 1. The number of rotatable bonds is 3. The van der Waals surface area contributed by atoms with Crippen molar-refractivity contribution in [2.45, 2.75) is 32.4 Å². The molecule has 0 fully saturated rings. The third-order valence-electron chi connectivity index (χ3n) is 5.32. The van der Waals surface area contributed by atoms with Crippen molar-refractivity contribution >= 4 is 34.3 Å². The third-order valence-corrected chi connectivity index (χ3v) is 5.32. The Morgan fingerprint density at radius 1 is 1.00 bits per heavy atom. The number of hydrogen-bond donors (Lipinski definition) is 4. The Hall–Kier alpha value is -4.15. The largest absolute Gasteiger partial charge is 0.416 e. The number of nitrogens with zero attached hydrogens (tertiary/aromatic N) is 2. The van der Waals surface area contributed by atoms with Gasteiger partial charge in [-0.1, -0.05) is 32.9 Å². The van der Waals surface area contributed by atoms with Crippen molar-refractivity contribution in [1.29, 1.82) is 0 Å². The number of amides is 2. The first kappa shape index (κ1) is 24.0. The summed E-state index contributed by atoms with van der Waals surface area (Å²) in [5.74, 6) is -0.690. The van der Waals surface area contributed by atoms with Gasteiger partial charge in [-0.25, -0.2) is 14.2 Å². The van der Waals surface area contributed by atoms with Crippen LogP contribution in [0.3, 0.4) is 0 Å². The second kappa shape index (κ2) is 8.57. The molecular weight excluding hydrogens is 464 g/mol. The van der Waals surface area contributed by atoms with E-state index in [-0.39, 0.29) is 5.41 Å². The molecule has 0 aliphatic rings. The van der Waals surface area contributed by atoms with E-state index >= 15 is 0 Å². The Labute approximate surface area is 197 Å². The molecule has 7 nitrogen and oxygen atoms in total. The monoisotopic (exact) mass is 486 g/mol. The van der Waals surface area contributed by atoms with Crippen LogP contribution in [0.1, 0.15) is 32.0 Å². The van der Waals surface area contributed by atoms with Crippen molar-refractivity contribution in [3.05, 3.63) is 65.6 Å². The number of H-pyrrole nitrogens is 1. The molecule has 2 heterocycles. The summed E-state index contributed by atoms with van der Waals surface area (Å²) in [6.07, 6.45) is -4.67. The zero-order chi connectivity index (χ0) is 25.5. The fourth-order valence-corrected chi connectivity index (χ4v) is 3.48. The number of carbonyl (C=O) groups is 1. The molecule has 0 unspecified atom stereocenters. The molecule has 0 radical (unpaired) electrons. The van der Waals surface area contributed by atoms with Crippen LogP contribution in [0.4, 0.5) is 39.5 Å². The van der Waals surface area contributed by atoms with Gasteiger partial charge in [-0.15, -0.1) is 0 Å². The highest BCUT2D eigenvalue weighted by atomic mass is 19.4. The fraction of sp³-hybridized carbons (Fsp3) is 0.208. The van der Waals surface area contributed by atoms with Gasteiger partial charge in [0.25, 0.3) is 0 Å². The molecule has 0 aliphatic heterocycles. The molecule has 4 aromatic rings. The maximum Gasteiger partial charge on any atom is 0.416 e. The van der Waals surface area contributed by atoms with Crippen LogP contribution in [0.2, 0.25) is 0 Å². The molecule has 5 N–H and O–H groups in total. The van der Waals surface area contributed by atoms with Gasteiger partial charge >= 0.3 is 12.2 Å². The molecule has 182 valence electrons. The first-order valence-corrected chi connectivity index (χ1v) is 10.5. The lowest BCUT2D eigenvalue weighted by Crippen LogP contribution is -2.20. The minimum atomic E-state index is -4.67. The van der Waals surface area contributed by atoms with Crippen molar-refractivity contribution in [2.75, 3.05) is 16.4 Å². The second-order valence-electron chi connectivity index (χ2n) is 8.99. The van der Waals surface area contributed by atoms with E-state index in [9.17, 15) is 22.4 Å². The molecule has 0 saturated heterocycles. The van der Waals surface area contributed by atoms with E-state index in [0.717, 1.165) is 16.8 Å². The van der Waals surface area contributed by atoms with Crippen molar-refractivity contribution < 1.29 is 22.4 Å². The maximum absolute atomic E-state index is 13.9. The van der Waals surface area contributed by atoms with Gasteiger partial charge in [0.2, 0.25) is 0 Å². The van der Waals surface area contributed by atoms with E-state index in [4.69, 9.17) is 5.73 Å². The summed E-state index contributed by atoms with van der Waals surface area (Å²) >= 11 is 0. The van der Waals surface area contributed by atoms with Crippen LogP contribution >= 0.6 is 0 Å². The Morgan fingerprint density at radius 3 is 2.31 bits per heavy atom. The molecule has 0 aliphatic carbocycles. The second-order valence-corrected chi connectivity index (χ2v) is 8.99. The van der Waals surface area contributed by atoms with Crippen LogP contribution in [-0.4, -0.2) is 21.2 Å². The zero-order valence-electron chi connectivity index (χ0n) is 19.0. The number of pyridine rings is 1. The molecule has 2 aromatic carbocycles. The average molecular weight is 486 g/mol. The number of nitrogens with two attached hydrogens (primary N) is 1. The van der Waals surface area contributed by atoms with E-state index in [1.54, 1.807) is 24.3 Å². The summed E-state index contributed by atoms with van der Waals surface area (Å²) in [6.45, 7) is 6.09. The molecule has 0 saturated carbocycles. The summed E-state index contributed by atoms with van der Waals surface area (Å²) in [5, 5.41) is 12.1. The van der Waals surface area contributed by atoms with Gasteiger partial charge in [-0.05, 0) is 47.5 Å². The number of hydrogen-bond acceptors (Lipinski definition) is 4. The third kappa shape index (κ3) is 5.03. The summed E-state index contributed by atoms with van der Waals surface area (Å²) in [4.78, 5) is 16.9. The predicted molar refractivity (Wildman–Crippen MR) is 126 cm³/mol. The number of anilines is 3. The van der Waals surface area contributed by atoms with Gasteiger partial charge in [0.05, 0.1) is 16.6 Å². The quantitative estimate of drug-likeness (QED) is 0.255. The number of fused-ring (bicyclic) bond motifs is 1. The Balaban J connectivity index is 1.57. The molecule has 0 spiro atoms. The van der Waals surface area contributed by atoms with Gasteiger partial charge in [-0.3, -0.25) is 5.10 Å². The van der Waals surface area contributed by atoms with Crippen molar-refractivity contribution in [1.82, 2.24) is 15.2 Å². The number of alkyl halides is 3. The Bertz CT molecular complexity index is 1400. The van der Waals surface area contributed by atoms with Crippen molar-refractivity contribution in [3.8, 4) is 11.1 Å². The summed E-state index contributed by atoms with van der Waals surface area (Å²) < 4.78 is 52.6. The minimum Gasteiger partial charge on any atom is -0.382 e. The average Bonchev–Trinajstić information content (AvgIpc) is 3.15. The first-order chi connectivity index (χ1) is 16.3. The highest BCUT2D eigenvalue weighted by molar-refractivity contribution is 6.02. The molecule has 0 bridgehead atoms. The first-order valence-electron chi connectivity index (χ1n) is 10.5. The van der Waals surface area contributed by atoms with E-state index in [0.29, 0.717) is 40.7 Å². The lowest BCUT2D eigenvalue weighted by molar-refractivity contribution is -0.137. The fourth-order valence-electron chi connectivity index (χ4n) is 3.48. The molecule has 2 amide bonds. The summed E-state index contributed by atoms with van der Waals surface area (Å²) in [7, 11) is 0. The van der Waals surface area contributed by atoms with Crippen LogP contribution in [0, 0.1) is 5.82 Å². The number of carbonyl (C=O) groups excluding carboxylic acids is 1. The summed E-state index contributed by atoms with van der Waals surface area (Å²) in [5.41, 5.74) is 7.46. The molecule has 0 atom stereocenters. The van der Waals surface area contributed by atoms with Crippen molar-refractivity contribution in [2.24, 2.45) is 0 Å². The normalized spacial score (nSPS) is 12.1. The van der Waals surface area contributed by atoms with Crippen LogP contribution in [0.5, 0.6) is 0 Å². The predicted octanol–water partition coefficient (Wildman–Crippen LogP) is 6.31. The van der Waals surface area contributed by atoms with E-state index in [1.807, 2.05) is 26.8 Å². The van der Waals surface area contributed by atoms with Crippen LogP contribution in [0.25, 0.3) is 22.2 Å². The van der Waals surface area contributed by atoms with E-state index in [2.05, 4.69) is 25.8 Å². The van der Waals surface area contributed by atoms with Crippen molar-refractivity contribution in [3.63, 3.8) is 0 Å². The van der Waals surface area contributed by atoms with Gasteiger partial charge < -0.3 is 16.4 Å². The van der Waals surface area contributed by atoms with Gasteiger partial charge in [0.1, 0.15) is 5.82 Å². The Kier molecular flexibility index (Phi) is 5.87. The molecule has 35 heavy (non-hydrogen) atoms.